The van der Waals surface area contributed by atoms with E-state index >= 15 is 0 Å². The number of hydrogen-bond donors (Lipinski definition) is 2. The number of halogens is 1. The van der Waals surface area contributed by atoms with Crippen LogP contribution in [0.2, 0.25) is 0 Å². The van der Waals surface area contributed by atoms with E-state index in [1.54, 1.807) is 0 Å². The Morgan fingerprint density at radius 1 is 1.65 bits per heavy atom. The van der Waals surface area contributed by atoms with Gasteiger partial charge in [-0.1, -0.05) is 0 Å². The number of nitrogens with zero attached hydrogens (tertiary/aromatic N) is 1. The summed E-state index contributed by atoms with van der Waals surface area (Å²) in [6, 6.07) is 1.84. The number of amides is 1. The first-order chi connectivity index (χ1) is 8.27. The molecule has 2 N–H and O–H groups in total. The Morgan fingerprint density at radius 2 is 2.47 bits per heavy atom. The molecule has 0 spiro atoms. The summed E-state index contributed by atoms with van der Waals surface area (Å²) in [6.45, 7) is 1.72. The van der Waals surface area contributed by atoms with E-state index in [1.165, 1.54) is 6.20 Å². The summed E-state index contributed by atoms with van der Waals surface area (Å²) < 4.78 is 5.37. The SMILES string of the molecule is N#C/C(=C/NCCCl)C(=O)NCC1CCCO1. The Hall–Kier alpha value is -1.25. The Labute approximate surface area is 106 Å². The van der Waals surface area contributed by atoms with E-state index in [0.717, 1.165) is 19.4 Å². The molecule has 0 bridgehead atoms. The summed E-state index contributed by atoms with van der Waals surface area (Å²) in [6.07, 6.45) is 3.44. The van der Waals surface area contributed by atoms with Crippen molar-refractivity contribution in [2.45, 2.75) is 18.9 Å². The van der Waals surface area contributed by atoms with Gasteiger partial charge in [-0.05, 0) is 12.8 Å². The summed E-state index contributed by atoms with van der Waals surface area (Å²) in [7, 11) is 0. The van der Waals surface area contributed by atoms with E-state index in [4.69, 9.17) is 21.6 Å². The minimum atomic E-state index is -0.384. The quantitative estimate of drug-likeness (QED) is 0.315. The number of carbonyl (C=O) groups is 1. The zero-order valence-corrected chi connectivity index (χ0v) is 10.3. The van der Waals surface area contributed by atoms with Gasteiger partial charge >= 0.3 is 0 Å². The summed E-state index contributed by atoms with van der Waals surface area (Å²) in [5.41, 5.74) is 0.0492. The van der Waals surface area contributed by atoms with Crippen LogP contribution in [0.5, 0.6) is 0 Å². The Morgan fingerprint density at radius 3 is 3.06 bits per heavy atom. The Bertz CT molecular complexity index is 319. The molecule has 0 aromatic heterocycles. The number of carbonyl (C=O) groups excluding carboxylic acids is 1. The van der Waals surface area contributed by atoms with Crippen LogP contribution >= 0.6 is 11.6 Å². The van der Waals surface area contributed by atoms with Crippen LogP contribution in [0.4, 0.5) is 0 Å². The van der Waals surface area contributed by atoms with E-state index in [1.807, 2.05) is 6.07 Å². The first-order valence-electron chi connectivity index (χ1n) is 5.57. The predicted octanol–water partition coefficient (Wildman–Crippen LogP) is 0.517. The molecule has 1 atom stereocenters. The molecule has 17 heavy (non-hydrogen) atoms. The Balaban J connectivity index is 2.33. The lowest BCUT2D eigenvalue weighted by Gasteiger charge is -2.10. The molecule has 1 aliphatic rings. The maximum Gasteiger partial charge on any atom is 0.263 e. The van der Waals surface area contributed by atoms with Crippen LogP contribution in [-0.2, 0) is 9.53 Å². The van der Waals surface area contributed by atoms with E-state index in [2.05, 4.69) is 10.6 Å². The van der Waals surface area contributed by atoms with Crippen LogP contribution in [-0.4, -0.2) is 37.6 Å². The van der Waals surface area contributed by atoms with E-state index in [0.29, 0.717) is 19.0 Å². The lowest BCUT2D eigenvalue weighted by Crippen LogP contribution is -2.33. The van der Waals surface area contributed by atoms with Crippen molar-refractivity contribution in [2.75, 3.05) is 25.6 Å². The third-order valence-electron chi connectivity index (χ3n) is 2.36. The second kappa shape index (κ2) is 7.93. The molecule has 1 amide bonds. The van der Waals surface area contributed by atoms with Crippen LogP contribution in [0.15, 0.2) is 11.8 Å². The molecule has 1 heterocycles. The molecular formula is C11H16ClN3O2. The number of nitrogens with one attached hydrogen (secondary N) is 2. The standard InChI is InChI=1S/C11H16ClN3O2/c12-3-4-14-7-9(6-13)11(16)15-8-10-2-1-5-17-10/h7,10,14H,1-5,8H2,(H,15,16)/b9-7-. The van der Waals surface area contributed by atoms with Gasteiger partial charge in [-0.25, -0.2) is 0 Å². The molecule has 94 valence electrons. The first kappa shape index (κ1) is 13.8. The molecule has 0 aromatic carbocycles. The predicted molar refractivity (Wildman–Crippen MR) is 64.4 cm³/mol. The minimum Gasteiger partial charge on any atom is -0.388 e. The molecule has 1 aliphatic heterocycles. The van der Waals surface area contributed by atoms with Gasteiger partial charge in [0.2, 0.25) is 0 Å². The second-order valence-corrected chi connectivity index (χ2v) is 4.04. The smallest absolute Gasteiger partial charge is 0.263 e. The summed E-state index contributed by atoms with van der Waals surface area (Å²) in [5, 5.41) is 14.3. The van der Waals surface area contributed by atoms with Gasteiger partial charge in [0.05, 0.1) is 6.10 Å². The van der Waals surface area contributed by atoms with Crippen LogP contribution in [0.1, 0.15) is 12.8 Å². The topological polar surface area (TPSA) is 74.2 Å². The van der Waals surface area contributed by atoms with Gasteiger partial charge in [-0.2, -0.15) is 5.26 Å². The van der Waals surface area contributed by atoms with Crippen LogP contribution in [0.3, 0.4) is 0 Å². The van der Waals surface area contributed by atoms with Gasteiger partial charge in [0.25, 0.3) is 5.91 Å². The molecule has 5 nitrogen and oxygen atoms in total. The molecule has 0 saturated carbocycles. The fourth-order valence-electron chi connectivity index (χ4n) is 1.48. The third kappa shape index (κ3) is 5.07. The highest BCUT2D eigenvalue weighted by Crippen LogP contribution is 2.10. The number of ether oxygens (including phenoxy) is 1. The van der Waals surface area contributed by atoms with Crippen molar-refractivity contribution in [1.29, 1.82) is 5.26 Å². The molecule has 1 unspecified atom stereocenters. The van der Waals surface area contributed by atoms with E-state index in [9.17, 15) is 4.79 Å². The molecular weight excluding hydrogens is 242 g/mol. The van der Waals surface area contributed by atoms with E-state index in [-0.39, 0.29) is 17.6 Å². The van der Waals surface area contributed by atoms with Crippen molar-refractivity contribution < 1.29 is 9.53 Å². The fraction of sp³-hybridized carbons (Fsp3) is 0.636. The minimum absolute atomic E-state index is 0.0492. The number of hydrogen-bond acceptors (Lipinski definition) is 4. The lowest BCUT2D eigenvalue weighted by atomic mass is 10.2. The zero-order valence-electron chi connectivity index (χ0n) is 9.54. The maximum atomic E-state index is 11.6. The van der Waals surface area contributed by atoms with Gasteiger partial charge in [-0.3, -0.25) is 4.79 Å². The molecule has 1 fully saturated rings. The molecule has 0 radical (unpaired) electrons. The molecule has 0 aliphatic carbocycles. The first-order valence-corrected chi connectivity index (χ1v) is 6.10. The van der Waals surface area contributed by atoms with Crippen LogP contribution < -0.4 is 10.6 Å². The van der Waals surface area contributed by atoms with Crippen molar-refractivity contribution in [2.24, 2.45) is 0 Å². The number of nitriles is 1. The number of alkyl halides is 1. The van der Waals surface area contributed by atoms with Gasteiger partial charge in [0.1, 0.15) is 11.6 Å². The molecule has 1 saturated heterocycles. The zero-order chi connectivity index (χ0) is 12.5. The molecule has 0 aromatic rings. The van der Waals surface area contributed by atoms with Gasteiger partial charge in [0.15, 0.2) is 0 Å². The average molecular weight is 258 g/mol. The third-order valence-corrected chi connectivity index (χ3v) is 2.55. The van der Waals surface area contributed by atoms with Crippen molar-refractivity contribution in [3.8, 4) is 6.07 Å². The highest BCUT2D eigenvalue weighted by atomic mass is 35.5. The van der Waals surface area contributed by atoms with Crippen molar-refractivity contribution in [3.05, 3.63) is 11.8 Å². The van der Waals surface area contributed by atoms with Gasteiger partial charge in [-0.15, -0.1) is 11.6 Å². The molecule has 6 heteroatoms. The van der Waals surface area contributed by atoms with Crippen molar-refractivity contribution >= 4 is 17.5 Å². The maximum absolute atomic E-state index is 11.6. The second-order valence-electron chi connectivity index (χ2n) is 3.66. The van der Waals surface area contributed by atoms with Crippen molar-refractivity contribution in [1.82, 2.24) is 10.6 Å². The lowest BCUT2D eigenvalue weighted by molar-refractivity contribution is -0.117. The fourth-order valence-corrected chi connectivity index (χ4v) is 1.59. The van der Waals surface area contributed by atoms with Gasteiger partial charge in [0, 0.05) is 31.8 Å². The summed E-state index contributed by atoms with van der Waals surface area (Å²) in [5.74, 6) is 0.0392. The van der Waals surface area contributed by atoms with Gasteiger partial charge < -0.3 is 15.4 Å². The Kier molecular flexibility index (Phi) is 6.45. The van der Waals surface area contributed by atoms with Crippen LogP contribution in [0, 0.1) is 11.3 Å². The largest absolute Gasteiger partial charge is 0.388 e. The highest BCUT2D eigenvalue weighted by Gasteiger charge is 2.17. The summed E-state index contributed by atoms with van der Waals surface area (Å²) >= 11 is 5.46. The summed E-state index contributed by atoms with van der Waals surface area (Å²) in [4.78, 5) is 11.6. The van der Waals surface area contributed by atoms with Crippen LogP contribution in [0.25, 0.3) is 0 Å². The highest BCUT2D eigenvalue weighted by molar-refractivity contribution is 6.18. The van der Waals surface area contributed by atoms with E-state index < -0.39 is 0 Å². The number of rotatable bonds is 6. The molecule has 1 rings (SSSR count). The van der Waals surface area contributed by atoms with Crippen molar-refractivity contribution in [3.63, 3.8) is 0 Å². The normalized spacial score (nSPS) is 19.8. The average Bonchev–Trinajstić information content (AvgIpc) is 2.85. The monoisotopic (exact) mass is 257 g/mol.